The molecule has 0 unspecified atom stereocenters. The summed E-state index contributed by atoms with van der Waals surface area (Å²) in [7, 11) is 1.83. The van der Waals surface area contributed by atoms with Crippen molar-refractivity contribution in [2.45, 2.75) is 32.2 Å². The molecule has 4 nitrogen and oxygen atoms in total. The normalized spacial score (nSPS) is 15.3. The van der Waals surface area contributed by atoms with Gasteiger partial charge in [0.2, 0.25) is 5.91 Å². The van der Waals surface area contributed by atoms with Crippen molar-refractivity contribution in [1.29, 1.82) is 0 Å². The lowest BCUT2D eigenvalue weighted by Gasteiger charge is -2.16. The fraction of sp³-hybridized carbons (Fsp3) is 0.909. The largest absolute Gasteiger partial charge is 0.380 e. The Kier molecular flexibility index (Phi) is 5.65. The predicted molar refractivity (Wildman–Crippen MR) is 59.8 cm³/mol. The summed E-state index contributed by atoms with van der Waals surface area (Å²) in [6.07, 6.45) is 3.14. The number of nitrogens with one attached hydrogen (secondary N) is 1. The van der Waals surface area contributed by atoms with Crippen LogP contribution in [0.4, 0.5) is 0 Å². The molecule has 15 heavy (non-hydrogen) atoms. The molecule has 0 aromatic heterocycles. The maximum Gasteiger partial charge on any atom is 0.223 e. The number of hydrogen-bond donors (Lipinski definition) is 1. The zero-order valence-corrected chi connectivity index (χ0v) is 9.79. The van der Waals surface area contributed by atoms with E-state index >= 15 is 0 Å². The zero-order chi connectivity index (χ0) is 11.1. The van der Waals surface area contributed by atoms with Crippen molar-refractivity contribution in [3.63, 3.8) is 0 Å². The van der Waals surface area contributed by atoms with Gasteiger partial charge in [0.1, 0.15) is 0 Å². The minimum absolute atomic E-state index is 0.197. The molecule has 1 saturated carbocycles. The number of nitrogens with zero attached hydrogens (tertiary/aromatic N) is 1. The quantitative estimate of drug-likeness (QED) is 0.602. The molecule has 0 atom stereocenters. The minimum Gasteiger partial charge on any atom is -0.380 e. The second kappa shape index (κ2) is 6.80. The number of likely N-dealkylation sites (N-methyl/N-ethyl adjacent to an activating group) is 1. The SMILES string of the molecule is CCOCCN(C)C(=O)CCNC1CC1. The first-order valence-corrected chi connectivity index (χ1v) is 5.79. The molecule has 88 valence electrons. The van der Waals surface area contributed by atoms with Crippen LogP contribution >= 0.6 is 0 Å². The molecule has 0 saturated heterocycles. The lowest BCUT2D eigenvalue weighted by atomic mass is 10.3. The lowest BCUT2D eigenvalue weighted by Crippen LogP contribution is -2.32. The zero-order valence-electron chi connectivity index (χ0n) is 9.79. The Labute approximate surface area is 92.0 Å². The van der Waals surface area contributed by atoms with Crippen molar-refractivity contribution in [2.24, 2.45) is 0 Å². The molecule has 1 aliphatic rings. The number of carbonyl (C=O) groups is 1. The number of ether oxygens (including phenoxy) is 1. The molecule has 0 radical (unpaired) electrons. The van der Waals surface area contributed by atoms with Crippen LogP contribution in [0, 0.1) is 0 Å². The third kappa shape index (κ3) is 5.74. The van der Waals surface area contributed by atoms with Crippen LogP contribution in [0.2, 0.25) is 0 Å². The smallest absolute Gasteiger partial charge is 0.223 e. The van der Waals surface area contributed by atoms with Crippen molar-refractivity contribution < 1.29 is 9.53 Å². The van der Waals surface area contributed by atoms with Crippen molar-refractivity contribution >= 4 is 5.91 Å². The van der Waals surface area contributed by atoms with Crippen LogP contribution in [0.5, 0.6) is 0 Å². The fourth-order valence-corrected chi connectivity index (χ4v) is 1.33. The first-order chi connectivity index (χ1) is 7.24. The Morgan fingerprint density at radius 3 is 2.87 bits per heavy atom. The maximum atomic E-state index is 11.6. The molecule has 0 aromatic carbocycles. The fourth-order valence-electron chi connectivity index (χ4n) is 1.33. The van der Waals surface area contributed by atoms with Gasteiger partial charge in [0.05, 0.1) is 6.61 Å². The Balaban J connectivity index is 1.98. The Morgan fingerprint density at radius 2 is 2.27 bits per heavy atom. The second-order valence-electron chi connectivity index (χ2n) is 3.99. The van der Waals surface area contributed by atoms with Crippen LogP contribution < -0.4 is 5.32 Å². The van der Waals surface area contributed by atoms with Gasteiger partial charge >= 0.3 is 0 Å². The van der Waals surface area contributed by atoms with Crippen LogP contribution in [0.3, 0.4) is 0 Å². The average Bonchev–Trinajstić information content (AvgIpc) is 3.02. The predicted octanol–water partition coefficient (Wildman–Crippen LogP) is 0.623. The highest BCUT2D eigenvalue weighted by atomic mass is 16.5. The Morgan fingerprint density at radius 1 is 1.53 bits per heavy atom. The van der Waals surface area contributed by atoms with Crippen molar-refractivity contribution in [2.75, 3.05) is 33.4 Å². The van der Waals surface area contributed by atoms with Crippen molar-refractivity contribution in [3.8, 4) is 0 Å². The maximum absolute atomic E-state index is 11.6. The van der Waals surface area contributed by atoms with E-state index < -0.39 is 0 Å². The third-order valence-electron chi connectivity index (χ3n) is 2.55. The van der Waals surface area contributed by atoms with Crippen molar-refractivity contribution in [1.82, 2.24) is 10.2 Å². The van der Waals surface area contributed by atoms with Gasteiger partial charge in [0.25, 0.3) is 0 Å². The summed E-state index contributed by atoms with van der Waals surface area (Å²) in [6, 6.07) is 0.687. The highest BCUT2D eigenvalue weighted by molar-refractivity contribution is 5.76. The molecule has 1 fully saturated rings. The van der Waals surface area contributed by atoms with Gasteiger partial charge in [-0.15, -0.1) is 0 Å². The van der Waals surface area contributed by atoms with E-state index in [-0.39, 0.29) is 5.91 Å². The van der Waals surface area contributed by atoms with E-state index in [4.69, 9.17) is 4.74 Å². The molecule has 0 spiro atoms. The van der Waals surface area contributed by atoms with Gasteiger partial charge in [-0.05, 0) is 19.8 Å². The summed E-state index contributed by atoms with van der Waals surface area (Å²) in [6.45, 7) is 4.81. The minimum atomic E-state index is 0.197. The molecule has 4 heteroatoms. The molecule has 0 aliphatic heterocycles. The molecule has 0 aromatic rings. The standard InChI is InChI=1S/C11H22N2O2/c1-3-15-9-8-13(2)11(14)6-7-12-10-4-5-10/h10,12H,3-9H2,1-2H3. The Hall–Kier alpha value is -0.610. The number of amides is 1. The van der Waals surface area contributed by atoms with Gasteiger partial charge in [-0.25, -0.2) is 0 Å². The van der Waals surface area contributed by atoms with Crippen LogP contribution in [0.1, 0.15) is 26.2 Å². The summed E-state index contributed by atoms with van der Waals surface area (Å²) in [5.41, 5.74) is 0. The third-order valence-corrected chi connectivity index (χ3v) is 2.55. The van der Waals surface area contributed by atoms with Gasteiger partial charge in [-0.2, -0.15) is 0 Å². The van der Waals surface area contributed by atoms with E-state index in [2.05, 4.69) is 5.32 Å². The topological polar surface area (TPSA) is 41.6 Å². The molecule has 1 aliphatic carbocycles. The summed E-state index contributed by atoms with van der Waals surface area (Å²) in [5, 5.41) is 3.33. The highest BCUT2D eigenvalue weighted by Gasteiger charge is 2.20. The van der Waals surface area contributed by atoms with Crippen LogP contribution in [-0.2, 0) is 9.53 Å². The molecule has 0 bridgehead atoms. The molecular formula is C11H22N2O2. The van der Waals surface area contributed by atoms with E-state index in [9.17, 15) is 4.79 Å². The summed E-state index contributed by atoms with van der Waals surface area (Å²) in [5.74, 6) is 0.197. The average molecular weight is 214 g/mol. The first-order valence-electron chi connectivity index (χ1n) is 5.79. The second-order valence-corrected chi connectivity index (χ2v) is 3.99. The molecule has 1 N–H and O–H groups in total. The molecular weight excluding hydrogens is 192 g/mol. The summed E-state index contributed by atoms with van der Waals surface area (Å²) < 4.78 is 5.20. The summed E-state index contributed by atoms with van der Waals surface area (Å²) in [4.78, 5) is 13.3. The number of hydrogen-bond acceptors (Lipinski definition) is 3. The summed E-state index contributed by atoms with van der Waals surface area (Å²) >= 11 is 0. The van der Waals surface area contributed by atoms with Gasteiger partial charge < -0.3 is 15.0 Å². The van der Waals surface area contributed by atoms with E-state index in [0.717, 1.165) is 6.54 Å². The number of rotatable bonds is 8. The molecule has 1 rings (SSSR count). The van der Waals surface area contributed by atoms with Gasteiger partial charge in [-0.3, -0.25) is 4.79 Å². The van der Waals surface area contributed by atoms with Crippen LogP contribution in [0.15, 0.2) is 0 Å². The van der Waals surface area contributed by atoms with Gasteiger partial charge in [0.15, 0.2) is 0 Å². The van der Waals surface area contributed by atoms with Crippen molar-refractivity contribution in [3.05, 3.63) is 0 Å². The first kappa shape index (κ1) is 12.5. The van der Waals surface area contributed by atoms with Crippen LogP contribution in [0.25, 0.3) is 0 Å². The Bertz CT molecular complexity index is 193. The number of carbonyl (C=O) groups excluding carboxylic acids is 1. The van der Waals surface area contributed by atoms with E-state index in [1.165, 1.54) is 12.8 Å². The van der Waals surface area contributed by atoms with E-state index in [0.29, 0.717) is 32.2 Å². The lowest BCUT2D eigenvalue weighted by molar-refractivity contribution is -0.130. The monoisotopic (exact) mass is 214 g/mol. The molecule has 0 heterocycles. The van der Waals surface area contributed by atoms with E-state index in [1.54, 1.807) is 4.90 Å². The molecule has 1 amide bonds. The van der Waals surface area contributed by atoms with Crippen LogP contribution in [-0.4, -0.2) is 50.2 Å². The highest BCUT2D eigenvalue weighted by Crippen LogP contribution is 2.18. The van der Waals surface area contributed by atoms with Gasteiger partial charge in [0, 0.05) is 39.2 Å². The van der Waals surface area contributed by atoms with E-state index in [1.807, 2.05) is 14.0 Å². The van der Waals surface area contributed by atoms with Gasteiger partial charge in [-0.1, -0.05) is 0 Å².